The molecule has 0 bridgehead atoms. The van der Waals surface area contributed by atoms with Gasteiger partial charge in [-0.3, -0.25) is 0 Å². The molecule has 2 aromatic heterocycles. The van der Waals surface area contributed by atoms with Crippen molar-refractivity contribution in [1.29, 1.82) is 0 Å². The van der Waals surface area contributed by atoms with Gasteiger partial charge in [0.25, 0.3) is 0 Å². The molecule has 0 saturated carbocycles. The zero-order valence-electron chi connectivity index (χ0n) is 29.2. The van der Waals surface area contributed by atoms with E-state index in [0.29, 0.717) is 0 Å². The van der Waals surface area contributed by atoms with Crippen LogP contribution in [0.15, 0.2) is 182 Å². The second-order valence-electron chi connectivity index (χ2n) is 14.0. The lowest BCUT2D eigenvalue weighted by Gasteiger charge is -2.11. The Labute approximate surface area is 303 Å². The van der Waals surface area contributed by atoms with Gasteiger partial charge in [-0.2, -0.15) is 0 Å². The van der Waals surface area contributed by atoms with E-state index in [4.69, 9.17) is 0 Å². The minimum Gasteiger partial charge on any atom is -0.309 e. The number of nitrogens with zero attached hydrogens (tertiary/aromatic N) is 2. The van der Waals surface area contributed by atoms with Crippen molar-refractivity contribution in [2.24, 2.45) is 0 Å². The van der Waals surface area contributed by atoms with Gasteiger partial charge in [0.05, 0.1) is 22.1 Å². The van der Waals surface area contributed by atoms with Crippen molar-refractivity contribution in [3.63, 3.8) is 0 Å². The number of aryl methyl sites for hydroxylation is 2. The first kappa shape index (κ1) is 30.2. The average Bonchev–Trinajstić information content (AvgIpc) is 3.69. The molecular formula is C50H36N2. The fraction of sp³-hybridized carbons (Fsp3) is 0.0400. The van der Waals surface area contributed by atoms with Gasteiger partial charge in [0, 0.05) is 32.9 Å². The molecular weight excluding hydrogens is 629 g/mol. The maximum absolute atomic E-state index is 2.43. The van der Waals surface area contributed by atoms with Crippen LogP contribution in [0, 0.1) is 13.8 Å². The van der Waals surface area contributed by atoms with E-state index >= 15 is 0 Å². The minimum atomic E-state index is 1.17. The summed E-state index contributed by atoms with van der Waals surface area (Å²) in [5.41, 5.74) is 17.0. The second kappa shape index (κ2) is 12.0. The van der Waals surface area contributed by atoms with E-state index in [1.54, 1.807) is 0 Å². The molecule has 10 aromatic rings. The zero-order valence-corrected chi connectivity index (χ0v) is 29.2. The molecule has 0 amide bonds. The Morgan fingerprint density at radius 2 is 0.673 bits per heavy atom. The highest BCUT2D eigenvalue weighted by atomic mass is 15.0. The molecule has 0 N–H and O–H groups in total. The Morgan fingerprint density at radius 3 is 1.12 bits per heavy atom. The zero-order chi connectivity index (χ0) is 34.8. The molecule has 0 saturated heterocycles. The number of benzene rings is 8. The van der Waals surface area contributed by atoms with Crippen molar-refractivity contribution in [2.75, 3.05) is 0 Å². The summed E-state index contributed by atoms with van der Waals surface area (Å²) in [6.45, 7) is 4.36. The van der Waals surface area contributed by atoms with Crippen molar-refractivity contribution in [2.45, 2.75) is 13.8 Å². The van der Waals surface area contributed by atoms with E-state index in [2.05, 4.69) is 205 Å². The summed E-state index contributed by atoms with van der Waals surface area (Å²) in [6.07, 6.45) is 0. The van der Waals surface area contributed by atoms with E-state index < -0.39 is 0 Å². The van der Waals surface area contributed by atoms with E-state index in [0.717, 1.165) is 0 Å². The predicted molar refractivity (Wildman–Crippen MR) is 221 cm³/mol. The highest BCUT2D eigenvalue weighted by Crippen LogP contribution is 2.39. The molecule has 0 unspecified atom stereocenters. The highest BCUT2D eigenvalue weighted by molar-refractivity contribution is 6.13. The third kappa shape index (κ3) is 4.95. The summed E-state index contributed by atoms with van der Waals surface area (Å²) >= 11 is 0. The minimum absolute atomic E-state index is 1.17. The molecule has 2 heterocycles. The number of aromatic nitrogens is 2. The smallest absolute Gasteiger partial charge is 0.0543 e. The van der Waals surface area contributed by atoms with Crippen LogP contribution in [-0.2, 0) is 0 Å². The van der Waals surface area contributed by atoms with Crippen LogP contribution in [0.25, 0.3) is 88.4 Å². The maximum atomic E-state index is 2.43. The van der Waals surface area contributed by atoms with E-state index in [1.807, 2.05) is 0 Å². The van der Waals surface area contributed by atoms with Gasteiger partial charge >= 0.3 is 0 Å². The SMILES string of the molecule is Cc1ccc2c3cc(-c4ccc5c(c4)c4ccc(C)cc4n5-c4cccc(-c5ccccc5)c4)ccc3n(-c3cccc(-c4ccccc4)c3)c2c1. The molecule has 2 heteroatoms. The number of hydrogen-bond donors (Lipinski definition) is 0. The van der Waals surface area contributed by atoms with E-state index in [9.17, 15) is 0 Å². The molecule has 0 aliphatic carbocycles. The molecule has 2 nitrogen and oxygen atoms in total. The number of rotatable bonds is 5. The lowest BCUT2D eigenvalue weighted by Crippen LogP contribution is -1.95. The lowest BCUT2D eigenvalue weighted by molar-refractivity contribution is 1.18. The Hall–Kier alpha value is -6.64. The van der Waals surface area contributed by atoms with Crippen LogP contribution in [0.1, 0.15) is 11.1 Å². The first-order chi connectivity index (χ1) is 25.6. The predicted octanol–water partition coefficient (Wildman–Crippen LogP) is 13.5. The quantitative estimate of drug-likeness (QED) is 0.173. The van der Waals surface area contributed by atoms with Gasteiger partial charge in [-0.05, 0) is 119 Å². The standard InChI is InChI=1S/C50H36N2/c1-33-19-23-43-45-31-39(21-25-47(45)51(49(43)27-33)41-17-9-15-37(29-41)35-11-5-3-6-12-35)40-22-26-48-46(32-40)44-24-20-34(2)28-50(44)52(48)42-18-10-16-38(30-42)36-13-7-4-8-14-36/h3-32H,1-2H3. The molecule has 10 rings (SSSR count). The average molecular weight is 665 g/mol. The molecule has 0 radical (unpaired) electrons. The van der Waals surface area contributed by atoms with Crippen LogP contribution < -0.4 is 0 Å². The Kier molecular flexibility index (Phi) is 6.97. The van der Waals surface area contributed by atoms with Crippen LogP contribution in [0.4, 0.5) is 0 Å². The third-order valence-corrected chi connectivity index (χ3v) is 10.6. The van der Waals surface area contributed by atoms with E-state index in [1.165, 1.54) is 99.5 Å². The van der Waals surface area contributed by atoms with Crippen LogP contribution in [0.5, 0.6) is 0 Å². The molecule has 0 atom stereocenters. The first-order valence-corrected chi connectivity index (χ1v) is 18.0. The summed E-state index contributed by atoms with van der Waals surface area (Å²) in [4.78, 5) is 0. The molecule has 8 aromatic carbocycles. The first-order valence-electron chi connectivity index (χ1n) is 18.0. The molecule has 52 heavy (non-hydrogen) atoms. The summed E-state index contributed by atoms with van der Waals surface area (Å²) in [6, 6.07) is 66.7. The maximum Gasteiger partial charge on any atom is 0.0543 e. The molecule has 0 spiro atoms. The highest BCUT2D eigenvalue weighted by Gasteiger charge is 2.17. The van der Waals surface area contributed by atoms with Crippen molar-refractivity contribution in [3.05, 3.63) is 193 Å². The Morgan fingerprint density at radius 1 is 0.269 bits per heavy atom. The van der Waals surface area contributed by atoms with Crippen LogP contribution >= 0.6 is 0 Å². The van der Waals surface area contributed by atoms with Crippen molar-refractivity contribution in [1.82, 2.24) is 9.13 Å². The molecule has 246 valence electrons. The van der Waals surface area contributed by atoms with Gasteiger partial charge in [0.1, 0.15) is 0 Å². The fourth-order valence-corrected chi connectivity index (χ4v) is 8.09. The number of fused-ring (bicyclic) bond motifs is 6. The summed E-state index contributed by atoms with van der Waals surface area (Å²) in [5.74, 6) is 0. The summed E-state index contributed by atoms with van der Waals surface area (Å²) in [7, 11) is 0. The van der Waals surface area contributed by atoms with Gasteiger partial charge in [-0.25, -0.2) is 0 Å². The van der Waals surface area contributed by atoms with Crippen LogP contribution in [0.2, 0.25) is 0 Å². The van der Waals surface area contributed by atoms with Crippen LogP contribution in [0.3, 0.4) is 0 Å². The van der Waals surface area contributed by atoms with Gasteiger partial charge < -0.3 is 9.13 Å². The number of hydrogen-bond acceptors (Lipinski definition) is 0. The lowest BCUT2D eigenvalue weighted by atomic mass is 10.00. The second-order valence-corrected chi connectivity index (χ2v) is 14.0. The monoisotopic (exact) mass is 664 g/mol. The van der Waals surface area contributed by atoms with Gasteiger partial charge in [-0.15, -0.1) is 0 Å². The normalized spacial score (nSPS) is 11.7. The fourth-order valence-electron chi connectivity index (χ4n) is 8.09. The Balaban J connectivity index is 1.14. The van der Waals surface area contributed by atoms with Crippen molar-refractivity contribution < 1.29 is 0 Å². The van der Waals surface area contributed by atoms with Gasteiger partial charge in [-0.1, -0.05) is 121 Å². The Bertz CT molecular complexity index is 2760. The largest absolute Gasteiger partial charge is 0.309 e. The molecule has 0 fully saturated rings. The van der Waals surface area contributed by atoms with Gasteiger partial charge in [0.2, 0.25) is 0 Å². The molecule has 0 aliphatic rings. The van der Waals surface area contributed by atoms with E-state index in [-0.39, 0.29) is 0 Å². The van der Waals surface area contributed by atoms with Crippen molar-refractivity contribution >= 4 is 43.6 Å². The summed E-state index contributed by atoms with van der Waals surface area (Å²) < 4.78 is 4.85. The van der Waals surface area contributed by atoms with Crippen molar-refractivity contribution in [3.8, 4) is 44.8 Å². The van der Waals surface area contributed by atoms with Gasteiger partial charge in [0.15, 0.2) is 0 Å². The molecule has 0 aliphatic heterocycles. The third-order valence-electron chi connectivity index (χ3n) is 10.6. The summed E-state index contributed by atoms with van der Waals surface area (Å²) in [5, 5.41) is 5.04. The van der Waals surface area contributed by atoms with Crippen LogP contribution in [-0.4, -0.2) is 9.13 Å². The topological polar surface area (TPSA) is 9.86 Å².